The van der Waals surface area contributed by atoms with Crippen LogP contribution in [-0.2, 0) is 11.3 Å². The van der Waals surface area contributed by atoms with E-state index in [2.05, 4.69) is 30.9 Å². The molecule has 1 aromatic carbocycles. The van der Waals surface area contributed by atoms with Gasteiger partial charge >= 0.3 is 0 Å². The molecule has 168 valence electrons. The minimum Gasteiger partial charge on any atom is -0.497 e. The minimum atomic E-state index is -0.272. The Hall–Kier alpha value is -3.95. The summed E-state index contributed by atoms with van der Waals surface area (Å²) in [7, 11) is 1.62. The Morgan fingerprint density at radius 2 is 1.84 bits per heavy atom. The largest absolute Gasteiger partial charge is 0.497 e. The highest BCUT2D eigenvalue weighted by molar-refractivity contribution is 5.75. The van der Waals surface area contributed by atoms with Gasteiger partial charge in [0.15, 0.2) is 0 Å². The molecule has 0 unspecified atom stereocenters. The predicted molar refractivity (Wildman–Crippen MR) is 123 cm³/mol. The topological polar surface area (TPSA) is 123 Å². The van der Waals surface area contributed by atoms with E-state index in [1.54, 1.807) is 21.0 Å². The summed E-state index contributed by atoms with van der Waals surface area (Å²) < 4.78 is 6.46. The first-order valence-corrected chi connectivity index (χ1v) is 10.2. The third-order valence-corrected chi connectivity index (χ3v) is 4.78. The summed E-state index contributed by atoms with van der Waals surface area (Å²) in [5.41, 5.74) is 2.66. The summed E-state index contributed by atoms with van der Waals surface area (Å²) in [6, 6.07) is 9.36. The molecule has 3 aromatic rings. The maximum atomic E-state index is 12.2. The van der Waals surface area contributed by atoms with Gasteiger partial charge in [0.2, 0.25) is 11.9 Å². The lowest BCUT2D eigenvalue weighted by Crippen LogP contribution is -2.35. The van der Waals surface area contributed by atoms with Crippen molar-refractivity contribution >= 4 is 23.4 Å². The van der Waals surface area contributed by atoms with Crippen LogP contribution in [0.5, 0.6) is 5.75 Å². The van der Waals surface area contributed by atoms with E-state index in [9.17, 15) is 9.59 Å². The lowest BCUT2D eigenvalue weighted by molar-refractivity contribution is -0.121. The quantitative estimate of drug-likeness (QED) is 0.434. The number of nitrogens with one attached hydrogen (secondary N) is 3. The van der Waals surface area contributed by atoms with Crippen molar-refractivity contribution in [2.45, 2.75) is 27.3 Å². The number of aromatic nitrogens is 4. The molecule has 0 aliphatic heterocycles. The molecular weight excluding hydrogens is 410 g/mol. The first-order valence-electron chi connectivity index (χ1n) is 10.2. The Morgan fingerprint density at radius 1 is 1.09 bits per heavy atom. The Kier molecular flexibility index (Phi) is 7.37. The highest BCUT2D eigenvalue weighted by atomic mass is 16.5. The van der Waals surface area contributed by atoms with Gasteiger partial charge in [0.25, 0.3) is 5.56 Å². The van der Waals surface area contributed by atoms with Crippen LogP contribution in [-0.4, -0.2) is 45.6 Å². The number of carbonyl (C=O) groups excluding carboxylic acids is 1. The van der Waals surface area contributed by atoms with Gasteiger partial charge in [-0.25, -0.2) is 9.97 Å². The number of aryl methyl sites for hydroxylation is 2. The molecule has 0 saturated heterocycles. The number of benzene rings is 1. The van der Waals surface area contributed by atoms with Crippen molar-refractivity contribution in [1.29, 1.82) is 0 Å². The van der Waals surface area contributed by atoms with Crippen molar-refractivity contribution in [3.8, 4) is 5.75 Å². The van der Waals surface area contributed by atoms with Gasteiger partial charge in [-0.15, -0.1) is 0 Å². The lowest BCUT2D eigenvalue weighted by atomic mass is 10.3. The monoisotopic (exact) mass is 437 g/mol. The van der Waals surface area contributed by atoms with Gasteiger partial charge in [0.1, 0.15) is 18.1 Å². The predicted octanol–water partition coefficient (Wildman–Crippen LogP) is 1.94. The van der Waals surface area contributed by atoms with Crippen molar-refractivity contribution in [3.63, 3.8) is 0 Å². The summed E-state index contributed by atoms with van der Waals surface area (Å²) in [4.78, 5) is 37.3. The van der Waals surface area contributed by atoms with E-state index >= 15 is 0 Å². The highest BCUT2D eigenvalue weighted by Crippen LogP contribution is 2.19. The van der Waals surface area contributed by atoms with E-state index in [0.717, 1.165) is 17.1 Å². The Labute approximate surface area is 186 Å². The zero-order valence-electron chi connectivity index (χ0n) is 18.6. The summed E-state index contributed by atoms with van der Waals surface area (Å²) >= 11 is 0. The summed E-state index contributed by atoms with van der Waals surface area (Å²) in [5, 5.41) is 9.10. The van der Waals surface area contributed by atoms with E-state index in [1.165, 1.54) is 10.9 Å². The third kappa shape index (κ3) is 6.03. The number of hydrogen-bond acceptors (Lipinski definition) is 8. The Morgan fingerprint density at radius 3 is 2.56 bits per heavy atom. The van der Waals surface area contributed by atoms with Gasteiger partial charge in [-0.3, -0.25) is 14.2 Å². The van der Waals surface area contributed by atoms with Crippen LogP contribution in [0, 0.1) is 20.8 Å². The van der Waals surface area contributed by atoms with Gasteiger partial charge in [-0.2, -0.15) is 4.98 Å². The molecule has 1 amide bonds. The standard InChI is InChI=1S/C22H27N7O3/c1-14-11-19(27-17-5-7-18(32-4)8-6-17)28-22(26-14)24-10-9-23-20(30)12-29-13-25-16(3)15(2)21(29)31/h5-8,11,13H,9-10,12H2,1-4H3,(H,23,30)(H2,24,26,27,28). The van der Waals surface area contributed by atoms with E-state index in [4.69, 9.17) is 4.74 Å². The van der Waals surface area contributed by atoms with E-state index in [-0.39, 0.29) is 18.0 Å². The first kappa shape index (κ1) is 22.7. The van der Waals surface area contributed by atoms with Crippen molar-refractivity contribution in [2.24, 2.45) is 0 Å². The molecule has 10 heteroatoms. The number of anilines is 3. The first-order chi connectivity index (χ1) is 15.4. The number of amides is 1. The molecule has 2 heterocycles. The molecule has 0 bridgehead atoms. The number of methoxy groups -OCH3 is 1. The van der Waals surface area contributed by atoms with Crippen LogP contribution in [0.4, 0.5) is 17.5 Å². The van der Waals surface area contributed by atoms with Gasteiger partial charge in [0.05, 0.1) is 13.4 Å². The Balaban J connectivity index is 1.50. The fraction of sp³-hybridized carbons (Fsp3) is 0.318. The molecule has 32 heavy (non-hydrogen) atoms. The second kappa shape index (κ2) is 10.4. The van der Waals surface area contributed by atoms with E-state index in [0.29, 0.717) is 36.1 Å². The lowest BCUT2D eigenvalue weighted by Gasteiger charge is -2.11. The number of rotatable bonds is 9. The van der Waals surface area contributed by atoms with Gasteiger partial charge in [-0.1, -0.05) is 0 Å². The SMILES string of the molecule is COc1ccc(Nc2cc(C)nc(NCCNC(=O)Cn3cnc(C)c(C)c3=O)n2)cc1. The normalized spacial score (nSPS) is 10.5. The van der Waals surface area contributed by atoms with E-state index < -0.39 is 0 Å². The van der Waals surface area contributed by atoms with Crippen molar-refractivity contribution in [1.82, 2.24) is 24.8 Å². The molecule has 3 rings (SSSR count). The number of ether oxygens (including phenoxy) is 1. The van der Waals surface area contributed by atoms with E-state index in [1.807, 2.05) is 37.3 Å². The van der Waals surface area contributed by atoms with Crippen LogP contribution >= 0.6 is 0 Å². The zero-order chi connectivity index (χ0) is 23.1. The minimum absolute atomic E-state index is 0.0795. The van der Waals surface area contributed by atoms with Gasteiger partial charge < -0.3 is 20.7 Å². The average Bonchev–Trinajstić information content (AvgIpc) is 2.77. The summed E-state index contributed by atoms with van der Waals surface area (Å²) in [5.74, 6) is 1.60. The third-order valence-electron chi connectivity index (χ3n) is 4.78. The van der Waals surface area contributed by atoms with Gasteiger partial charge in [-0.05, 0) is 45.0 Å². The average molecular weight is 438 g/mol. The molecule has 2 aromatic heterocycles. The number of carbonyl (C=O) groups is 1. The fourth-order valence-corrected chi connectivity index (χ4v) is 2.91. The molecule has 0 spiro atoms. The highest BCUT2D eigenvalue weighted by Gasteiger charge is 2.08. The number of hydrogen-bond donors (Lipinski definition) is 3. The van der Waals surface area contributed by atoms with Crippen LogP contribution in [0.15, 0.2) is 41.5 Å². The molecule has 0 fully saturated rings. The smallest absolute Gasteiger partial charge is 0.256 e. The summed E-state index contributed by atoms with van der Waals surface area (Å²) in [6.07, 6.45) is 1.39. The van der Waals surface area contributed by atoms with Crippen LogP contribution in [0.25, 0.3) is 0 Å². The molecular formula is C22H27N7O3. The van der Waals surface area contributed by atoms with Crippen molar-refractivity contribution in [3.05, 3.63) is 64.0 Å². The van der Waals surface area contributed by atoms with Crippen LogP contribution in [0.1, 0.15) is 17.0 Å². The van der Waals surface area contributed by atoms with Gasteiger partial charge in [0, 0.05) is 41.8 Å². The molecule has 0 aliphatic carbocycles. The van der Waals surface area contributed by atoms with Crippen LogP contribution in [0.2, 0.25) is 0 Å². The molecule has 0 radical (unpaired) electrons. The maximum absolute atomic E-state index is 12.2. The molecule has 0 aliphatic rings. The summed E-state index contributed by atoms with van der Waals surface area (Å²) in [6.45, 7) is 6.04. The van der Waals surface area contributed by atoms with Crippen molar-refractivity contribution < 1.29 is 9.53 Å². The van der Waals surface area contributed by atoms with Crippen LogP contribution in [0.3, 0.4) is 0 Å². The second-order valence-electron chi connectivity index (χ2n) is 7.24. The maximum Gasteiger partial charge on any atom is 0.256 e. The van der Waals surface area contributed by atoms with Crippen molar-refractivity contribution in [2.75, 3.05) is 30.8 Å². The molecule has 0 saturated carbocycles. The fourth-order valence-electron chi connectivity index (χ4n) is 2.91. The van der Waals surface area contributed by atoms with Crippen LogP contribution < -0.4 is 26.2 Å². The molecule has 0 atom stereocenters. The second-order valence-corrected chi connectivity index (χ2v) is 7.24. The number of nitrogens with zero attached hydrogens (tertiary/aromatic N) is 4. The molecule has 10 nitrogen and oxygen atoms in total. The zero-order valence-corrected chi connectivity index (χ0v) is 18.6. The Bertz CT molecular complexity index is 1140. The molecule has 3 N–H and O–H groups in total.